The fourth-order valence-electron chi connectivity index (χ4n) is 0.908. The summed E-state index contributed by atoms with van der Waals surface area (Å²) in [5.41, 5.74) is 1.13. The van der Waals surface area contributed by atoms with Crippen LogP contribution in [0.1, 0.15) is 21.6 Å². The molecule has 0 radical (unpaired) electrons. The summed E-state index contributed by atoms with van der Waals surface area (Å²) in [6.07, 6.45) is 6.54. The van der Waals surface area contributed by atoms with E-state index in [0.29, 0.717) is 11.1 Å². The average Bonchev–Trinajstić information content (AvgIpc) is 2.04. The molecule has 0 spiro atoms. The lowest BCUT2D eigenvalue weighted by Crippen LogP contribution is -2.04. The largest absolute Gasteiger partial charge is 0.477 e. The maximum absolute atomic E-state index is 10.6. The van der Waals surface area contributed by atoms with Crippen LogP contribution in [0.4, 0.5) is 0 Å². The summed E-state index contributed by atoms with van der Waals surface area (Å²) < 4.78 is 0. The van der Waals surface area contributed by atoms with Crippen LogP contribution in [0.3, 0.4) is 0 Å². The Bertz CT molecular complexity index is 363. The van der Waals surface area contributed by atoms with E-state index in [1.165, 1.54) is 6.20 Å². The SMILES string of the molecule is C#Cc1ccnc(C(=O)O)c1C. The zero-order valence-electron chi connectivity index (χ0n) is 6.53. The normalized spacial score (nSPS) is 9.00. The minimum atomic E-state index is -1.05. The average molecular weight is 161 g/mol. The number of hydrogen-bond acceptors (Lipinski definition) is 2. The van der Waals surface area contributed by atoms with Crippen LogP contribution in [0.15, 0.2) is 12.3 Å². The molecule has 0 saturated heterocycles. The second-order valence-electron chi connectivity index (χ2n) is 2.28. The number of carboxylic acids is 1. The van der Waals surface area contributed by atoms with Crippen LogP contribution >= 0.6 is 0 Å². The number of nitrogens with zero attached hydrogens (tertiary/aromatic N) is 1. The maximum atomic E-state index is 10.6. The van der Waals surface area contributed by atoms with Gasteiger partial charge in [-0.1, -0.05) is 5.92 Å². The molecule has 0 saturated carbocycles. The predicted molar refractivity (Wildman–Crippen MR) is 43.9 cm³/mol. The highest BCUT2D eigenvalue weighted by molar-refractivity contribution is 5.87. The van der Waals surface area contributed by atoms with Crippen LogP contribution in [0.25, 0.3) is 0 Å². The van der Waals surface area contributed by atoms with Gasteiger partial charge >= 0.3 is 5.97 Å². The molecule has 0 atom stereocenters. The van der Waals surface area contributed by atoms with Gasteiger partial charge in [-0.05, 0) is 18.6 Å². The zero-order valence-corrected chi connectivity index (χ0v) is 6.53. The molecule has 0 aliphatic carbocycles. The van der Waals surface area contributed by atoms with Crippen molar-refractivity contribution in [3.05, 3.63) is 29.1 Å². The molecule has 1 aromatic heterocycles. The molecular formula is C9H7NO2. The molecule has 1 heterocycles. The molecule has 12 heavy (non-hydrogen) atoms. The first-order chi connectivity index (χ1) is 5.66. The Morgan fingerprint density at radius 3 is 2.92 bits per heavy atom. The summed E-state index contributed by atoms with van der Waals surface area (Å²) >= 11 is 0. The highest BCUT2D eigenvalue weighted by Crippen LogP contribution is 2.09. The summed E-state index contributed by atoms with van der Waals surface area (Å²) in [6, 6.07) is 1.61. The molecule has 1 rings (SSSR count). The van der Waals surface area contributed by atoms with E-state index in [1.54, 1.807) is 13.0 Å². The summed E-state index contributed by atoms with van der Waals surface area (Å²) in [5.74, 6) is 1.34. The molecule has 0 unspecified atom stereocenters. The zero-order chi connectivity index (χ0) is 9.14. The van der Waals surface area contributed by atoms with E-state index < -0.39 is 5.97 Å². The third kappa shape index (κ3) is 1.28. The molecule has 0 amide bonds. The summed E-state index contributed by atoms with van der Waals surface area (Å²) in [5, 5.41) is 8.65. The van der Waals surface area contributed by atoms with Gasteiger partial charge in [0.2, 0.25) is 0 Å². The van der Waals surface area contributed by atoms with Crippen molar-refractivity contribution in [2.24, 2.45) is 0 Å². The molecule has 3 heteroatoms. The van der Waals surface area contributed by atoms with Crippen LogP contribution < -0.4 is 0 Å². The Labute approximate surface area is 70.1 Å². The lowest BCUT2D eigenvalue weighted by Gasteiger charge is -2.00. The first-order valence-corrected chi connectivity index (χ1v) is 3.32. The van der Waals surface area contributed by atoms with Crippen molar-refractivity contribution < 1.29 is 9.90 Å². The molecule has 0 fully saturated rings. The van der Waals surface area contributed by atoms with Gasteiger partial charge in [0.1, 0.15) is 0 Å². The van der Waals surface area contributed by atoms with Crippen LogP contribution in [-0.2, 0) is 0 Å². The van der Waals surface area contributed by atoms with Crippen molar-refractivity contribution in [2.45, 2.75) is 6.92 Å². The minimum absolute atomic E-state index is 0.0189. The van der Waals surface area contributed by atoms with Gasteiger partial charge in [0, 0.05) is 11.8 Å². The molecule has 3 nitrogen and oxygen atoms in total. The van der Waals surface area contributed by atoms with Crippen LogP contribution in [0, 0.1) is 19.3 Å². The lowest BCUT2D eigenvalue weighted by molar-refractivity contribution is 0.0689. The number of aromatic carboxylic acids is 1. The van der Waals surface area contributed by atoms with E-state index in [1.807, 2.05) is 0 Å². The van der Waals surface area contributed by atoms with Gasteiger partial charge in [-0.25, -0.2) is 9.78 Å². The Morgan fingerprint density at radius 2 is 2.42 bits per heavy atom. The first-order valence-electron chi connectivity index (χ1n) is 3.32. The second kappa shape index (κ2) is 3.05. The van der Waals surface area contributed by atoms with Gasteiger partial charge in [0.25, 0.3) is 0 Å². The van der Waals surface area contributed by atoms with Crippen LogP contribution in [-0.4, -0.2) is 16.1 Å². The molecule has 60 valence electrons. The Balaban J connectivity index is 3.35. The standard InChI is InChI=1S/C9H7NO2/c1-3-7-4-5-10-8(6(7)2)9(11)12/h1,4-5H,2H3,(H,11,12). The van der Waals surface area contributed by atoms with Gasteiger partial charge < -0.3 is 5.11 Å². The lowest BCUT2D eigenvalue weighted by atomic mass is 10.1. The van der Waals surface area contributed by atoms with E-state index in [9.17, 15) is 4.79 Å². The van der Waals surface area contributed by atoms with Gasteiger partial charge in [0.15, 0.2) is 5.69 Å². The highest BCUT2D eigenvalue weighted by atomic mass is 16.4. The van der Waals surface area contributed by atoms with Gasteiger partial charge in [-0.15, -0.1) is 6.42 Å². The van der Waals surface area contributed by atoms with Gasteiger partial charge in [-0.3, -0.25) is 0 Å². The highest BCUT2D eigenvalue weighted by Gasteiger charge is 2.09. The Kier molecular flexibility index (Phi) is 2.11. The number of aromatic nitrogens is 1. The number of carbonyl (C=O) groups is 1. The fraction of sp³-hybridized carbons (Fsp3) is 0.111. The van der Waals surface area contributed by atoms with Crippen molar-refractivity contribution in [2.75, 3.05) is 0 Å². The smallest absolute Gasteiger partial charge is 0.354 e. The van der Waals surface area contributed by atoms with E-state index in [4.69, 9.17) is 11.5 Å². The topological polar surface area (TPSA) is 50.2 Å². The molecule has 0 aromatic carbocycles. The number of pyridine rings is 1. The van der Waals surface area contributed by atoms with Crippen LogP contribution in [0.5, 0.6) is 0 Å². The molecule has 1 N–H and O–H groups in total. The van der Waals surface area contributed by atoms with Crippen molar-refractivity contribution >= 4 is 5.97 Å². The molecule has 0 bridgehead atoms. The van der Waals surface area contributed by atoms with E-state index in [-0.39, 0.29) is 5.69 Å². The Morgan fingerprint density at radius 1 is 1.75 bits per heavy atom. The van der Waals surface area contributed by atoms with Crippen molar-refractivity contribution in [1.82, 2.24) is 4.98 Å². The van der Waals surface area contributed by atoms with Crippen molar-refractivity contribution in [3.63, 3.8) is 0 Å². The van der Waals surface area contributed by atoms with Crippen LogP contribution in [0.2, 0.25) is 0 Å². The summed E-state index contributed by atoms with van der Waals surface area (Å²) in [4.78, 5) is 14.3. The van der Waals surface area contributed by atoms with E-state index in [2.05, 4.69) is 10.9 Å². The number of carboxylic acid groups (broad SMARTS) is 1. The minimum Gasteiger partial charge on any atom is -0.477 e. The van der Waals surface area contributed by atoms with Gasteiger partial charge in [0.05, 0.1) is 0 Å². The molecule has 1 aromatic rings. The molecule has 0 aliphatic rings. The summed E-state index contributed by atoms with van der Waals surface area (Å²) in [7, 11) is 0. The number of hydrogen-bond donors (Lipinski definition) is 1. The fourth-order valence-corrected chi connectivity index (χ4v) is 0.908. The monoisotopic (exact) mass is 161 g/mol. The first kappa shape index (κ1) is 8.28. The maximum Gasteiger partial charge on any atom is 0.354 e. The Hall–Kier alpha value is -1.82. The van der Waals surface area contributed by atoms with Gasteiger partial charge in [-0.2, -0.15) is 0 Å². The molecular weight excluding hydrogens is 154 g/mol. The van der Waals surface area contributed by atoms with Crippen molar-refractivity contribution in [3.8, 4) is 12.3 Å². The summed E-state index contributed by atoms with van der Waals surface area (Å²) in [6.45, 7) is 1.64. The third-order valence-electron chi connectivity index (χ3n) is 1.56. The second-order valence-corrected chi connectivity index (χ2v) is 2.28. The quantitative estimate of drug-likeness (QED) is 0.627. The molecule has 0 aliphatic heterocycles. The predicted octanol–water partition coefficient (Wildman–Crippen LogP) is 1.07. The third-order valence-corrected chi connectivity index (χ3v) is 1.56. The van der Waals surface area contributed by atoms with E-state index in [0.717, 1.165) is 0 Å². The van der Waals surface area contributed by atoms with Crippen molar-refractivity contribution in [1.29, 1.82) is 0 Å². The number of rotatable bonds is 1. The van der Waals surface area contributed by atoms with E-state index >= 15 is 0 Å². The number of terminal acetylenes is 1.